The van der Waals surface area contributed by atoms with Gasteiger partial charge in [0, 0.05) is 26.2 Å². The van der Waals surface area contributed by atoms with Crippen molar-refractivity contribution in [3.63, 3.8) is 0 Å². The number of piperazine rings is 1. The van der Waals surface area contributed by atoms with E-state index >= 15 is 0 Å². The highest BCUT2D eigenvalue weighted by Crippen LogP contribution is 2.26. The number of hydrogen-bond donors (Lipinski definition) is 1. The molecule has 0 saturated carbocycles. The van der Waals surface area contributed by atoms with Crippen molar-refractivity contribution in [2.75, 3.05) is 26.2 Å². The van der Waals surface area contributed by atoms with Crippen molar-refractivity contribution >= 4 is 12.1 Å². The number of benzene rings is 1. The number of ether oxygens (including phenoxy) is 2. The lowest BCUT2D eigenvalue weighted by atomic mass is 10.0. The van der Waals surface area contributed by atoms with Gasteiger partial charge in [-0.15, -0.1) is 0 Å². The minimum Gasteiger partial charge on any atom is -0.471 e. The normalized spacial score (nSPS) is 16.0. The van der Waals surface area contributed by atoms with Crippen LogP contribution in [-0.4, -0.2) is 59.9 Å². The maximum absolute atomic E-state index is 12.5. The van der Waals surface area contributed by atoms with Gasteiger partial charge in [0.25, 0.3) is 0 Å². The van der Waals surface area contributed by atoms with Gasteiger partial charge in [-0.05, 0) is 45.2 Å². The smallest absolute Gasteiger partial charge is 0.410 e. The molecule has 0 bridgehead atoms. The van der Waals surface area contributed by atoms with Crippen LogP contribution in [-0.2, 0) is 4.74 Å². The number of nitrogens with one attached hydrogen (secondary N) is 1. The van der Waals surface area contributed by atoms with E-state index in [0.717, 1.165) is 11.3 Å². The van der Waals surface area contributed by atoms with E-state index in [0.29, 0.717) is 32.1 Å². The molecule has 156 valence electrons. The molecule has 1 saturated heterocycles. The lowest BCUT2D eigenvalue weighted by Crippen LogP contribution is -2.55. The first-order valence-corrected chi connectivity index (χ1v) is 9.86. The number of para-hydroxylation sites is 1. The molecule has 1 aliphatic heterocycles. The van der Waals surface area contributed by atoms with Crippen LogP contribution in [0.4, 0.5) is 9.59 Å². The van der Waals surface area contributed by atoms with E-state index in [-0.39, 0.29) is 12.1 Å². The fourth-order valence-electron chi connectivity index (χ4n) is 2.97. The SMILES string of the molecule is CC(NC(=O)N1CCN(C(=O)OC(C)(C)C)CC1)Oc1ccccc1C(C)C. The fourth-order valence-corrected chi connectivity index (χ4v) is 2.97. The monoisotopic (exact) mass is 391 g/mol. The van der Waals surface area contributed by atoms with Gasteiger partial charge in [-0.3, -0.25) is 0 Å². The number of amides is 3. The highest BCUT2D eigenvalue weighted by atomic mass is 16.6. The minimum atomic E-state index is -0.523. The Morgan fingerprint density at radius 1 is 1.00 bits per heavy atom. The van der Waals surface area contributed by atoms with E-state index in [1.165, 1.54) is 0 Å². The highest BCUT2D eigenvalue weighted by molar-refractivity contribution is 5.75. The van der Waals surface area contributed by atoms with Crippen LogP contribution in [0.2, 0.25) is 0 Å². The summed E-state index contributed by atoms with van der Waals surface area (Å²) < 4.78 is 11.3. The lowest BCUT2D eigenvalue weighted by Gasteiger charge is -2.36. The summed E-state index contributed by atoms with van der Waals surface area (Å²) in [7, 11) is 0. The maximum atomic E-state index is 12.5. The first kappa shape index (κ1) is 21.9. The number of hydrogen-bond acceptors (Lipinski definition) is 4. The molecule has 1 heterocycles. The molecule has 28 heavy (non-hydrogen) atoms. The summed E-state index contributed by atoms with van der Waals surface area (Å²) in [5, 5.41) is 2.88. The largest absolute Gasteiger partial charge is 0.471 e. The van der Waals surface area contributed by atoms with Crippen molar-refractivity contribution in [3.05, 3.63) is 29.8 Å². The van der Waals surface area contributed by atoms with Gasteiger partial charge in [0.15, 0.2) is 6.23 Å². The zero-order valence-corrected chi connectivity index (χ0v) is 17.8. The second-order valence-electron chi connectivity index (χ2n) is 8.36. The van der Waals surface area contributed by atoms with Crippen molar-refractivity contribution in [2.24, 2.45) is 0 Å². The van der Waals surface area contributed by atoms with E-state index in [9.17, 15) is 9.59 Å². The topological polar surface area (TPSA) is 71.1 Å². The molecule has 1 unspecified atom stereocenters. The predicted octanol–water partition coefficient (Wildman–Crippen LogP) is 3.80. The maximum Gasteiger partial charge on any atom is 0.410 e. The Labute approximate surface area is 168 Å². The van der Waals surface area contributed by atoms with Gasteiger partial charge in [-0.25, -0.2) is 9.59 Å². The molecule has 0 radical (unpaired) electrons. The first-order chi connectivity index (χ1) is 13.1. The molecule has 1 atom stereocenters. The molecule has 1 N–H and O–H groups in total. The van der Waals surface area contributed by atoms with Crippen LogP contribution in [0, 0.1) is 0 Å². The van der Waals surface area contributed by atoms with Gasteiger partial charge < -0.3 is 24.6 Å². The van der Waals surface area contributed by atoms with Crippen LogP contribution >= 0.6 is 0 Å². The molecular weight excluding hydrogens is 358 g/mol. The third-order valence-corrected chi connectivity index (χ3v) is 4.39. The molecule has 0 spiro atoms. The van der Waals surface area contributed by atoms with Gasteiger partial charge >= 0.3 is 12.1 Å². The summed E-state index contributed by atoms with van der Waals surface area (Å²) in [4.78, 5) is 28.0. The molecule has 1 fully saturated rings. The highest BCUT2D eigenvalue weighted by Gasteiger charge is 2.28. The molecule has 1 aliphatic rings. The summed E-state index contributed by atoms with van der Waals surface area (Å²) in [6, 6.07) is 7.65. The fraction of sp³-hybridized carbons (Fsp3) is 0.619. The Hall–Kier alpha value is -2.44. The molecule has 1 aromatic carbocycles. The summed E-state index contributed by atoms with van der Waals surface area (Å²) in [6.07, 6.45) is -0.800. The minimum absolute atomic E-state index is 0.196. The second kappa shape index (κ2) is 9.17. The third-order valence-electron chi connectivity index (χ3n) is 4.39. The second-order valence-corrected chi connectivity index (χ2v) is 8.36. The van der Waals surface area contributed by atoms with Crippen LogP contribution < -0.4 is 10.1 Å². The first-order valence-electron chi connectivity index (χ1n) is 9.86. The van der Waals surface area contributed by atoms with Gasteiger partial charge in [0.1, 0.15) is 11.4 Å². The third kappa shape index (κ3) is 6.32. The Kier molecular flexibility index (Phi) is 7.16. The summed E-state index contributed by atoms with van der Waals surface area (Å²) >= 11 is 0. The van der Waals surface area contributed by atoms with Crippen molar-refractivity contribution in [1.82, 2.24) is 15.1 Å². The van der Waals surface area contributed by atoms with Gasteiger partial charge in [0.2, 0.25) is 0 Å². The van der Waals surface area contributed by atoms with Crippen molar-refractivity contribution in [1.29, 1.82) is 0 Å². The Balaban J connectivity index is 1.83. The molecule has 3 amide bonds. The van der Waals surface area contributed by atoms with Gasteiger partial charge in [-0.1, -0.05) is 32.0 Å². The molecule has 7 nitrogen and oxygen atoms in total. The number of nitrogens with zero attached hydrogens (tertiary/aromatic N) is 2. The molecule has 1 aromatic rings. The molecule has 0 aliphatic carbocycles. The molecule has 2 rings (SSSR count). The van der Waals surface area contributed by atoms with Crippen molar-refractivity contribution in [2.45, 2.75) is 59.3 Å². The van der Waals surface area contributed by atoms with E-state index in [2.05, 4.69) is 19.2 Å². The Morgan fingerprint density at radius 3 is 2.14 bits per heavy atom. The Bertz CT molecular complexity index is 676. The lowest BCUT2D eigenvalue weighted by molar-refractivity contribution is 0.0165. The predicted molar refractivity (Wildman–Crippen MR) is 109 cm³/mol. The van der Waals surface area contributed by atoms with Crippen molar-refractivity contribution in [3.8, 4) is 5.75 Å². The van der Waals surface area contributed by atoms with Crippen molar-refractivity contribution < 1.29 is 19.1 Å². The number of carbonyl (C=O) groups is 2. The summed E-state index contributed by atoms with van der Waals surface area (Å²) in [5.74, 6) is 1.11. The van der Waals surface area contributed by atoms with Crippen LogP contribution in [0.25, 0.3) is 0 Å². The molecule has 0 aromatic heterocycles. The van der Waals surface area contributed by atoms with Crippen LogP contribution in [0.1, 0.15) is 53.0 Å². The molecule has 7 heteroatoms. The zero-order valence-electron chi connectivity index (χ0n) is 17.8. The Morgan fingerprint density at radius 2 is 1.57 bits per heavy atom. The number of urea groups is 1. The van der Waals surface area contributed by atoms with E-state index in [4.69, 9.17) is 9.47 Å². The quantitative estimate of drug-likeness (QED) is 0.793. The van der Waals surface area contributed by atoms with Crippen LogP contribution in [0.3, 0.4) is 0 Å². The zero-order chi connectivity index (χ0) is 20.9. The van der Waals surface area contributed by atoms with Gasteiger partial charge in [-0.2, -0.15) is 0 Å². The van der Waals surface area contributed by atoms with Crippen LogP contribution in [0.15, 0.2) is 24.3 Å². The average Bonchev–Trinajstić information content (AvgIpc) is 2.60. The molecular formula is C21H33N3O4. The van der Waals surface area contributed by atoms with E-state index in [1.54, 1.807) is 9.80 Å². The van der Waals surface area contributed by atoms with E-state index < -0.39 is 11.8 Å². The summed E-state index contributed by atoms with van der Waals surface area (Å²) in [5.41, 5.74) is 0.583. The summed E-state index contributed by atoms with van der Waals surface area (Å²) in [6.45, 7) is 13.4. The van der Waals surface area contributed by atoms with Crippen LogP contribution in [0.5, 0.6) is 5.75 Å². The van der Waals surface area contributed by atoms with Gasteiger partial charge in [0.05, 0.1) is 0 Å². The average molecular weight is 392 g/mol. The number of carbonyl (C=O) groups excluding carboxylic acids is 2. The van der Waals surface area contributed by atoms with E-state index in [1.807, 2.05) is 52.0 Å². The standard InChI is InChI=1S/C21H33N3O4/c1-15(2)17-9-7-8-10-18(17)27-16(3)22-19(25)23-11-13-24(14-12-23)20(26)28-21(4,5)6/h7-10,15-16H,11-14H2,1-6H3,(H,22,25). The number of rotatable bonds is 4.